The van der Waals surface area contributed by atoms with E-state index in [0.717, 1.165) is 22.6 Å². The number of anilines is 1. The summed E-state index contributed by atoms with van der Waals surface area (Å²) in [6.07, 6.45) is 3.32. The molecule has 0 saturated heterocycles. The number of ether oxygens (including phenoxy) is 1. The monoisotopic (exact) mass is 361 g/mol. The van der Waals surface area contributed by atoms with Crippen molar-refractivity contribution in [1.82, 2.24) is 9.78 Å². The molecule has 0 fully saturated rings. The summed E-state index contributed by atoms with van der Waals surface area (Å²) in [5.41, 5.74) is 4.44. The number of para-hydroxylation sites is 3. The van der Waals surface area contributed by atoms with Crippen LogP contribution in [0, 0.1) is 13.8 Å². The maximum absolute atomic E-state index is 12.4. The van der Waals surface area contributed by atoms with Gasteiger partial charge in [-0.2, -0.15) is 5.10 Å². The van der Waals surface area contributed by atoms with Crippen LogP contribution >= 0.6 is 0 Å². The lowest BCUT2D eigenvalue weighted by Gasteiger charge is -2.09. The molecule has 5 heteroatoms. The second-order valence-corrected chi connectivity index (χ2v) is 6.08. The molecule has 27 heavy (non-hydrogen) atoms. The minimum absolute atomic E-state index is 0.214. The molecule has 0 atom stereocenters. The van der Waals surface area contributed by atoms with Gasteiger partial charge in [-0.25, -0.2) is 4.68 Å². The second-order valence-electron chi connectivity index (χ2n) is 6.08. The first-order chi connectivity index (χ1) is 13.1. The van der Waals surface area contributed by atoms with E-state index in [1.54, 1.807) is 6.08 Å². The first-order valence-electron chi connectivity index (χ1n) is 8.92. The number of hydrogen-bond acceptors (Lipinski definition) is 3. The van der Waals surface area contributed by atoms with E-state index in [1.807, 2.05) is 80.1 Å². The van der Waals surface area contributed by atoms with Crippen molar-refractivity contribution in [1.29, 1.82) is 0 Å². The van der Waals surface area contributed by atoms with Gasteiger partial charge in [0.25, 0.3) is 0 Å². The summed E-state index contributed by atoms with van der Waals surface area (Å²) in [5.74, 6) is 0.444. The molecule has 0 spiro atoms. The largest absolute Gasteiger partial charge is 0.492 e. The minimum Gasteiger partial charge on any atom is -0.492 e. The number of carbonyl (C=O) groups is 1. The van der Waals surface area contributed by atoms with Crippen LogP contribution in [-0.4, -0.2) is 22.3 Å². The number of rotatable bonds is 6. The van der Waals surface area contributed by atoms with Crippen LogP contribution in [0.4, 0.5) is 5.69 Å². The normalized spacial score (nSPS) is 10.9. The standard InChI is InChI=1S/C22H23N3O2/c1-4-27-21-13-9-8-12-20(21)23-22(26)15-14-19-16(2)24-25(17(19)3)18-10-6-5-7-11-18/h5-15H,4H2,1-3H3,(H,23,26)/b15-14+. The molecule has 0 aliphatic rings. The lowest BCUT2D eigenvalue weighted by Crippen LogP contribution is -2.09. The first-order valence-corrected chi connectivity index (χ1v) is 8.92. The van der Waals surface area contributed by atoms with E-state index in [0.29, 0.717) is 18.0 Å². The molecule has 0 radical (unpaired) electrons. The summed E-state index contributed by atoms with van der Waals surface area (Å²) < 4.78 is 7.43. The Balaban J connectivity index is 1.79. The molecule has 3 rings (SSSR count). The SMILES string of the molecule is CCOc1ccccc1NC(=O)/C=C/c1c(C)nn(-c2ccccc2)c1C. The number of carbonyl (C=O) groups excluding carboxylic acids is 1. The Hall–Kier alpha value is -3.34. The average molecular weight is 361 g/mol. The highest BCUT2D eigenvalue weighted by molar-refractivity contribution is 6.02. The van der Waals surface area contributed by atoms with E-state index in [1.165, 1.54) is 6.08 Å². The summed E-state index contributed by atoms with van der Waals surface area (Å²) in [6.45, 7) is 6.39. The minimum atomic E-state index is -0.214. The summed E-state index contributed by atoms with van der Waals surface area (Å²) in [6, 6.07) is 17.3. The van der Waals surface area contributed by atoms with Crippen molar-refractivity contribution >= 4 is 17.7 Å². The summed E-state index contributed by atoms with van der Waals surface area (Å²) in [4.78, 5) is 12.4. The highest BCUT2D eigenvalue weighted by atomic mass is 16.5. The third kappa shape index (κ3) is 4.26. The quantitative estimate of drug-likeness (QED) is 0.656. The van der Waals surface area contributed by atoms with Gasteiger partial charge >= 0.3 is 0 Å². The van der Waals surface area contributed by atoms with Crippen molar-refractivity contribution in [3.05, 3.63) is 77.6 Å². The van der Waals surface area contributed by atoms with Crippen LogP contribution < -0.4 is 10.1 Å². The lowest BCUT2D eigenvalue weighted by molar-refractivity contribution is -0.111. The molecule has 3 aromatic rings. The van der Waals surface area contributed by atoms with Crippen molar-refractivity contribution in [2.45, 2.75) is 20.8 Å². The molecule has 1 amide bonds. The predicted molar refractivity (Wildman–Crippen MR) is 108 cm³/mol. The Labute approximate surface area is 159 Å². The van der Waals surface area contributed by atoms with Gasteiger partial charge in [0.15, 0.2) is 0 Å². The van der Waals surface area contributed by atoms with Crippen LogP contribution in [0.25, 0.3) is 11.8 Å². The van der Waals surface area contributed by atoms with Crippen LogP contribution in [0.1, 0.15) is 23.9 Å². The van der Waals surface area contributed by atoms with Crippen LogP contribution in [0.2, 0.25) is 0 Å². The molecule has 0 aliphatic carbocycles. The van der Waals surface area contributed by atoms with Crippen LogP contribution in [0.5, 0.6) is 5.75 Å². The number of nitrogens with one attached hydrogen (secondary N) is 1. The molecule has 5 nitrogen and oxygen atoms in total. The molecule has 0 saturated carbocycles. The number of aromatic nitrogens is 2. The molecule has 138 valence electrons. The zero-order chi connectivity index (χ0) is 19.2. The fourth-order valence-electron chi connectivity index (χ4n) is 2.90. The highest BCUT2D eigenvalue weighted by Crippen LogP contribution is 2.24. The van der Waals surface area contributed by atoms with Gasteiger partial charge in [0, 0.05) is 17.3 Å². The summed E-state index contributed by atoms with van der Waals surface area (Å²) in [5, 5.41) is 7.46. The number of hydrogen-bond donors (Lipinski definition) is 1. The molecule has 0 aliphatic heterocycles. The van der Waals surface area contributed by atoms with E-state index in [9.17, 15) is 4.79 Å². The maximum Gasteiger partial charge on any atom is 0.248 e. The number of aryl methyl sites for hydroxylation is 1. The average Bonchev–Trinajstić information content (AvgIpc) is 2.96. The Morgan fingerprint density at radius 3 is 2.56 bits per heavy atom. The Kier molecular flexibility index (Phi) is 5.71. The first kappa shape index (κ1) is 18.5. The third-order valence-corrected chi connectivity index (χ3v) is 4.19. The fourth-order valence-corrected chi connectivity index (χ4v) is 2.90. The topological polar surface area (TPSA) is 56.1 Å². The Morgan fingerprint density at radius 1 is 1.11 bits per heavy atom. The molecule has 2 aromatic carbocycles. The van der Waals surface area contributed by atoms with Crippen molar-refractivity contribution in [3.63, 3.8) is 0 Å². The van der Waals surface area contributed by atoms with E-state index in [2.05, 4.69) is 10.4 Å². The van der Waals surface area contributed by atoms with Crippen molar-refractivity contribution < 1.29 is 9.53 Å². The van der Waals surface area contributed by atoms with Crippen LogP contribution in [-0.2, 0) is 4.79 Å². The molecule has 1 aromatic heterocycles. The summed E-state index contributed by atoms with van der Waals surface area (Å²) in [7, 11) is 0. The van der Waals surface area contributed by atoms with Crippen molar-refractivity contribution in [2.24, 2.45) is 0 Å². The number of benzene rings is 2. The van der Waals surface area contributed by atoms with Gasteiger partial charge in [-0.1, -0.05) is 30.3 Å². The maximum atomic E-state index is 12.4. The molecule has 1 N–H and O–H groups in total. The second kappa shape index (κ2) is 8.36. The fraction of sp³-hybridized carbons (Fsp3) is 0.182. The highest BCUT2D eigenvalue weighted by Gasteiger charge is 2.11. The van der Waals surface area contributed by atoms with Crippen molar-refractivity contribution in [3.8, 4) is 11.4 Å². The van der Waals surface area contributed by atoms with Crippen LogP contribution in [0.15, 0.2) is 60.7 Å². The molecule has 0 unspecified atom stereocenters. The van der Waals surface area contributed by atoms with E-state index in [4.69, 9.17) is 4.74 Å². The van der Waals surface area contributed by atoms with Gasteiger partial charge in [0.2, 0.25) is 5.91 Å². The van der Waals surface area contributed by atoms with Gasteiger partial charge in [-0.3, -0.25) is 4.79 Å². The van der Waals surface area contributed by atoms with E-state index in [-0.39, 0.29) is 5.91 Å². The number of nitrogens with zero attached hydrogens (tertiary/aromatic N) is 2. The predicted octanol–water partition coefficient (Wildman–Crippen LogP) is 4.54. The molecule has 0 bridgehead atoms. The molecular formula is C22H23N3O2. The van der Waals surface area contributed by atoms with E-state index >= 15 is 0 Å². The smallest absolute Gasteiger partial charge is 0.248 e. The van der Waals surface area contributed by atoms with Gasteiger partial charge < -0.3 is 10.1 Å². The lowest BCUT2D eigenvalue weighted by atomic mass is 10.2. The number of amides is 1. The van der Waals surface area contributed by atoms with Gasteiger partial charge in [-0.05, 0) is 51.1 Å². The summed E-state index contributed by atoms with van der Waals surface area (Å²) >= 11 is 0. The zero-order valence-electron chi connectivity index (χ0n) is 15.8. The van der Waals surface area contributed by atoms with Gasteiger partial charge in [0.1, 0.15) is 5.75 Å². The zero-order valence-corrected chi connectivity index (χ0v) is 15.8. The molecule has 1 heterocycles. The third-order valence-electron chi connectivity index (χ3n) is 4.19. The van der Waals surface area contributed by atoms with E-state index < -0.39 is 0 Å². The van der Waals surface area contributed by atoms with Gasteiger partial charge in [-0.15, -0.1) is 0 Å². The Bertz CT molecular complexity index is 959. The Morgan fingerprint density at radius 2 is 1.81 bits per heavy atom. The van der Waals surface area contributed by atoms with Crippen molar-refractivity contribution in [2.75, 3.05) is 11.9 Å². The van der Waals surface area contributed by atoms with Crippen LogP contribution in [0.3, 0.4) is 0 Å². The molecular weight excluding hydrogens is 338 g/mol. The van der Waals surface area contributed by atoms with Gasteiger partial charge in [0.05, 0.1) is 23.7 Å².